The molecule has 2 aromatic carbocycles. The Balaban J connectivity index is 1.82. The molecule has 0 saturated heterocycles. The summed E-state index contributed by atoms with van der Waals surface area (Å²) in [5.41, 5.74) is 3.03. The molecule has 0 bridgehead atoms. The lowest BCUT2D eigenvalue weighted by molar-refractivity contribution is -0.120. The highest BCUT2D eigenvalue weighted by atomic mass is 79.9. The molecule has 0 aliphatic carbocycles. The second-order valence-corrected chi connectivity index (χ2v) is 8.65. The minimum absolute atomic E-state index is 0.0444. The summed E-state index contributed by atoms with van der Waals surface area (Å²) in [6.45, 7) is 5.81. The summed E-state index contributed by atoms with van der Waals surface area (Å²) < 4.78 is 9.17. The monoisotopic (exact) mass is 521 g/mol. The molecule has 29 heavy (non-hydrogen) atoms. The van der Waals surface area contributed by atoms with Crippen LogP contribution in [0.3, 0.4) is 0 Å². The normalized spacial score (nSPS) is 11.7. The number of carbonyl (C=O) groups is 1. The fourth-order valence-electron chi connectivity index (χ4n) is 3.01. The van der Waals surface area contributed by atoms with Crippen molar-refractivity contribution in [3.8, 4) is 11.6 Å². The van der Waals surface area contributed by atoms with Gasteiger partial charge < -0.3 is 14.4 Å². The van der Waals surface area contributed by atoms with Crippen molar-refractivity contribution in [3.63, 3.8) is 0 Å². The molecule has 6 nitrogen and oxygen atoms in total. The van der Waals surface area contributed by atoms with Crippen molar-refractivity contribution in [1.82, 2.24) is 4.57 Å². The van der Waals surface area contributed by atoms with Crippen LogP contribution in [0.2, 0.25) is 0 Å². The number of halogens is 2. The van der Waals surface area contributed by atoms with E-state index < -0.39 is 5.91 Å². The van der Waals surface area contributed by atoms with Gasteiger partial charge >= 0.3 is 5.91 Å². The molecule has 0 aliphatic heterocycles. The summed E-state index contributed by atoms with van der Waals surface area (Å²) in [6, 6.07) is 9.39. The topological polar surface area (TPSA) is 76.2 Å². The number of aromatic nitrogens is 1. The summed E-state index contributed by atoms with van der Waals surface area (Å²) in [4.78, 5) is 12.3. The first-order valence-corrected chi connectivity index (χ1v) is 10.6. The third-order valence-electron chi connectivity index (χ3n) is 4.70. The highest BCUT2D eigenvalue weighted by Crippen LogP contribution is 2.40. The quantitative estimate of drug-likeness (QED) is 0.387. The lowest BCUT2D eigenvalue weighted by Crippen LogP contribution is -2.10. The number of ether oxygens (including phenoxy) is 1. The van der Waals surface area contributed by atoms with E-state index in [4.69, 9.17) is 4.74 Å². The third kappa shape index (κ3) is 4.23. The molecule has 1 aromatic heterocycles. The van der Waals surface area contributed by atoms with Crippen LogP contribution in [-0.4, -0.2) is 22.2 Å². The van der Waals surface area contributed by atoms with E-state index in [0.29, 0.717) is 5.75 Å². The maximum Gasteiger partial charge on any atom is 0.302 e. The molecule has 0 aliphatic rings. The number of para-hydroxylation sites is 1. The molecule has 0 unspecified atom stereocenters. The van der Waals surface area contributed by atoms with E-state index in [2.05, 4.69) is 55.9 Å². The molecule has 0 saturated carbocycles. The van der Waals surface area contributed by atoms with Gasteiger partial charge in [0.05, 0.1) is 9.99 Å². The average Bonchev–Trinajstić information content (AvgIpc) is 2.94. The van der Waals surface area contributed by atoms with E-state index in [-0.39, 0.29) is 24.1 Å². The van der Waals surface area contributed by atoms with Crippen LogP contribution >= 0.6 is 31.9 Å². The predicted octanol–water partition coefficient (Wildman–Crippen LogP) is 6.53. The molecule has 1 amide bonds. The zero-order valence-corrected chi connectivity index (χ0v) is 19.7. The van der Waals surface area contributed by atoms with Crippen molar-refractivity contribution in [2.45, 2.75) is 26.7 Å². The Morgan fingerprint density at radius 1 is 1.28 bits per heavy atom. The molecule has 0 atom stereocenters. The summed E-state index contributed by atoms with van der Waals surface area (Å²) in [5, 5.41) is 18.7. The van der Waals surface area contributed by atoms with Gasteiger partial charge in [-0.25, -0.2) is 0 Å². The summed E-state index contributed by atoms with van der Waals surface area (Å²) in [7, 11) is 1.72. The van der Waals surface area contributed by atoms with Gasteiger partial charge in [-0.05, 0) is 52.0 Å². The SMILES string of the molecule is Cc1c(Br)cc(C(C)C)c(OCC(=O)N=Nc2c(O)n(C)c3ccccc23)c1Br. The standard InChI is InChI=1S/C21H21Br2N3O3/c1-11(2)14-9-15(22)12(3)18(23)20(14)29-10-17(27)24-25-19-13-7-5-6-8-16(13)26(4)21(19)28/h5-9,11,28H,10H2,1-4H3. The molecule has 0 radical (unpaired) electrons. The number of aryl methyl sites for hydroxylation is 1. The van der Waals surface area contributed by atoms with E-state index in [9.17, 15) is 9.90 Å². The Hall–Kier alpha value is -2.19. The van der Waals surface area contributed by atoms with Crippen molar-refractivity contribution in [3.05, 3.63) is 50.4 Å². The first-order valence-electron chi connectivity index (χ1n) is 9.04. The molecular weight excluding hydrogens is 502 g/mol. The molecule has 0 spiro atoms. The Labute approximate surface area is 185 Å². The van der Waals surface area contributed by atoms with Crippen molar-refractivity contribution in [2.75, 3.05) is 6.61 Å². The lowest BCUT2D eigenvalue weighted by atomic mass is 10.0. The van der Waals surface area contributed by atoms with Crippen LogP contribution in [-0.2, 0) is 11.8 Å². The Morgan fingerprint density at radius 2 is 1.97 bits per heavy atom. The number of carbonyl (C=O) groups excluding carboxylic acids is 1. The van der Waals surface area contributed by atoms with Gasteiger partial charge in [0.1, 0.15) is 5.75 Å². The fourth-order valence-corrected chi connectivity index (χ4v) is 4.28. The maximum atomic E-state index is 12.3. The molecule has 3 rings (SSSR count). The van der Waals surface area contributed by atoms with Gasteiger partial charge in [0.2, 0.25) is 5.88 Å². The smallest absolute Gasteiger partial charge is 0.302 e. The molecule has 0 fully saturated rings. The van der Waals surface area contributed by atoms with E-state index in [1.165, 1.54) is 0 Å². The first kappa shape index (κ1) is 21.5. The minimum Gasteiger partial charge on any atom is -0.493 e. The van der Waals surface area contributed by atoms with Crippen LogP contribution in [0, 0.1) is 6.92 Å². The van der Waals surface area contributed by atoms with Crippen molar-refractivity contribution in [1.29, 1.82) is 0 Å². The van der Waals surface area contributed by atoms with Gasteiger partial charge in [-0.15, -0.1) is 10.2 Å². The van der Waals surface area contributed by atoms with Crippen molar-refractivity contribution in [2.24, 2.45) is 17.3 Å². The molecule has 8 heteroatoms. The predicted molar refractivity (Wildman–Crippen MR) is 120 cm³/mol. The van der Waals surface area contributed by atoms with Crippen molar-refractivity contribution < 1.29 is 14.6 Å². The number of amides is 1. The average molecular weight is 523 g/mol. The van der Waals surface area contributed by atoms with Gasteiger partial charge in [-0.3, -0.25) is 4.79 Å². The number of azo groups is 1. The molecule has 3 aromatic rings. The largest absolute Gasteiger partial charge is 0.493 e. The molecule has 1 heterocycles. The maximum absolute atomic E-state index is 12.3. The number of rotatable bonds is 5. The second kappa shape index (κ2) is 8.67. The number of benzene rings is 2. The summed E-state index contributed by atoms with van der Waals surface area (Å²) in [5.74, 6) is 0.247. The summed E-state index contributed by atoms with van der Waals surface area (Å²) in [6.07, 6.45) is 0. The van der Waals surface area contributed by atoms with Crippen LogP contribution < -0.4 is 4.74 Å². The van der Waals surface area contributed by atoms with Crippen LogP contribution in [0.5, 0.6) is 11.6 Å². The van der Waals surface area contributed by atoms with Crippen molar-refractivity contribution >= 4 is 54.4 Å². The van der Waals surface area contributed by atoms with E-state index >= 15 is 0 Å². The van der Waals surface area contributed by atoms with Crippen LogP contribution in [0.25, 0.3) is 10.9 Å². The van der Waals surface area contributed by atoms with Gasteiger partial charge in [-0.2, -0.15) is 0 Å². The fraction of sp³-hybridized carbons (Fsp3) is 0.286. The van der Waals surface area contributed by atoms with Gasteiger partial charge in [0, 0.05) is 16.9 Å². The van der Waals surface area contributed by atoms with E-state index in [1.807, 2.05) is 37.3 Å². The zero-order chi connectivity index (χ0) is 21.3. The number of fused-ring (bicyclic) bond motifs is 1. The number of hydrogen-bond donors (Lipinski definition) is 1. The number of aromatic hydroxyl groups is 1. The number of hydrogen-bond acceptors (Lipinski definition) is 4. The van der Waals surface area contributed by atoms with Crippen LogP contribution in [0.4, 0.5) is 5.69 Å². The highest BCUT2D eigenvalue weighted by molar-refractivity contribution is 9.11. The highest BCUT2D eigenvalue weighted by Gasteiger charge is 2.18. The van der Waals surface area contributed by atoms with E-state index in [1.54, 1.807) is 11.6 Å². The van der Waals surface area contributed by atoms with Gasteiger partial charge in [-0.1, -0.05) is 48.0 Å². The van der Waals surface area contributed by atoms with Crippen LogP contribution in [0.1, 0.15) is 30.9 Å². The number of nitrogens with zero attached hydrogens (tertiary/aromatic N) is 3. The lowest BCUT2D eigenvalue weighted by Gasteiger charge is -2.17. The zero-order valence-electron chi connectivity index (χ0n) is 16.5. The summed E-state index contributed by atoms with van der Waals surface area (Å²) >= 11 is 7.11. The Bertz CT molecular complexity index is 1120. The van der Waals surface area contributed by atoms with Gasteiger partial charge in [0.15, 0.2) is 12.3 Å². The Morgan fingerprint density at radius 3 is 2.66 bits per heavy atom. The minimum atomic E-state index is -0.542. The van der Waals surface area contributed by atoms with Gasteiger partial charge in [0.25, 0.3) is 0 Å². The second-order valence-electron chi connectivity index (χ2n) is 7.00. The third-order valence-corrected chi connectivity index (χ3v) is 6.48. The molecule has 152 valence electrons. The van der Waals surface area contributed by atoms with Crippen LogP contribution in [0.15, 0.2) is 49.5 Å². The Kier molecular flexibility index (Phi) is 6.43. The molecular formula is C21H21Br2N3O3. The molecule has 1 N–H and O–H groups in total. The first-order chi connectivity index (χ1) is 13.7. The van der Waals surface area contributed by atoms with E-state index in [0.717, 1.165) is 31.0 Å².